The predicted octanol–water partition coefficient (Wildman–Crippen LogP) is 17.3. The zero-order valence-corrected chi connectivity index (χ0v) is 37.1. The van der Waals surface area contributed by atoms with Crippen LogP contribution in [0.1, 0.15) is 28.2 Å². The predicted molar refractivity (Wildman–Crippen MR) is 281 cm³/mol. The summed E-state index contributed by atoms with van der Waals surface area (Å²) in [7, 11) is 0. The Hall–Kier alpha value is -8.66. The number of allylic oxidation sites excluding steroid dienone is 3. The van der Waals surface area contributed by atoms with E-state index >= 15 is 0 Å². The van der Waals surface area contributed by atoms with Crippen molar-refractivity contribution >= 4 is 66.0 Å². The molecule has 0 radical (unpaired) electrons. The number of hydrogen-bond acceptors (Lipinski definition) is 3. The first kappa shape index (κ1) is 38.6. The molecule has 68 heavy (non-hydrogen) atoms. The smallest absolute Gasteiger partial charge is 0.143 e. The monoisotopic (exact) mass is 869 g/mol. The highest BCUT2D eigenvalue weighted by Crippen LogP contribution is 2.60. The molecule has 0 saturated carbocycles. The topological polar surface area (TPSA) is 29.5 Å². The van der Waals surface area contributed by atoms with Crippen LogP contribution in [0, 0.1) is 5.92 Å². The van der Waals surface area contributed by atoms with Gasteiger partial charge in [-0.05, 0) is 98.9 Å². The first-order valence-corrected chi connectivity index (χ1v) is 23.6. The van der Waals surface area contributed by atoms with Crippen molar-refractivity contribution in [2.45, 2.75) is 11.3 Å². The molecule has 2 aromatic heterocycles. The Morgan fingerprint density at radius 3 is 1.94 bits per heavy atom. The van der Waals surface area contributed by atoms with Crippen molar-refractivity contribution in [3.8, 4) is 22.3 Å². The van der Waals surface area contributed by atoms with Crippen molar-refractivity contribution in [3.63, 3.8) is 0 Å². The minimum Gasteiger partial charge on any atom is -0.456 e. The molecule has 12 aromatic rings. The van der Waals surface area contributed by atoms with E-state index in [1.807, 2.05) is 6.07 Å². The lowest BCUT2D eigenvalue weighted by atomic mass is 9.63. The highest BCUT2D eigenvalue weighted by molar-refractivity contribution is 6.16. The maximum atomic E-state index is 6.62. The van der Waals surface area contributed by atoms with E-state index in [2.05, 4.69) is 248 Å². The Morgan fingerprint density at radius 2 is 1.10 bits per heavy atom. The fourth-order valence-electron chi connectivity index (χ4n) is 11.9. The molecule has 2 aliphatic carbocycles. The number of hydrogen-bond donors (Lipinski definition) is 0. The lowest BCUT2D eigenvalue weighted by molar-refractivity contribution is 0.454. The van der Waals surface area contributed by atoms with Gasteiger partial charge >= 0.3 is 0 Å². The number of anilines is 2. The molecule has 0 bridgehead atoms. The maximum Gasteiger partial charge on any atom is 0.143 e. The SMILES string of the molecule is C1=CC2c3ccccc3C(c3ccccc3)(c3ccccc3)C2C=C1N(c1ccc(-c2cccc3oc4ccccc4c23)cc1)c1ccccc1-c1ccc2oc3c4ccccc4ccc3c2c1. The average molecular weight is 870 g/mol. The van der Waals surface area contributed by atoms with E-state index in [0.717, 1.165) is 88.6 Å². The quantitative estimate of drug-likeness (QED) is 0.160. The van der Waals surface area contributed by atoms with Crippen molar-refractivity contribution in [1.29, 1.82) is 0 Å². The van der Waals surface area contributed by atoms with Crippen LogP contribution in [0.2, 0.25) is 0 Å². The van der Waals surface area contributed by atoms with E-state index in [0.29, 0.717) is 0 Å². The summed E-state index contributed by atoms with van der Waals surface area (Å²) in [6, 6.07) is 83.7. The molecule has 320 valence electrons. The van der Waals surface area contributed by atoms with Crippen LogP contribution < -0.4 is 4.90 Å². The van der Waals surface area contributed by atoms with Crippen molar-refractivity contribution in [2.75, 3.05) is 4.90 Å². The van der Waals surface area contributed by atoms with Crippen LogP contribution >= 0.6 is 0 Å². The van der Waals surface area contributed by atoms with Crippen LogP contribution in [0.4, 0.5) is 11.4 Å². The summed E-state index contributed by atoms with van der Waals surface area (Å²) >= 11 is 0. The number of nitrogens with zero attached hydrogens (tertiary/aromatic N) is 1. The van der Waals surface area contributed by atoms with Crippen molar-refractivity contribution in [1.82, 2.24) is 0 Å². The van der Waals surface area contributed by atoms with Crippen molar-refractivity contribution in [3.05, 3.63) is 277 Å². The molecule has 0 N–H and O–H groups in total. The summed E-state index contributed by atoms with van der Waals surface area (Å²) in [6.07, 6.45) is 7.41. The van der Waals surface area contributed by atoms with E-state index in [1.165, 1.54) is 27.6 Å². The third kappa shape index (κ3) is 5.72. The molecule has 0 aliphatic heterocycles. The fourth-order valence-corrected chi connectivity index (χ4v) is 11.9. The number of para-hydroxylation sites is 2. The Bertz CT molecular complexity index is 3950. The Labute approximate surface area is 394 Å². The summed E-state index contributed by atoms with van der Waals surface area (Å²) in [4.78, 5) is 2.48. The van der Waals surface area contributed by atoms with E-state index in [1.54, 1.807) is 0 Å². The lowest BCUT2D eigenvalue weighted by Gasteiger charge is -2.40. The van der Waals surface area contributed by atoms with Gasteiger partial charge in [0, 0.05) is 55.7 Å². The van der Waals surface area contributed by atoms with E-state index in [9.17, 15) is 0 Å². The molecule has 0 spiro atoms. The highest BCUT2D eigenvalue weighted by Gasteiger charge is 2.53. The number of furan rings is 2. The van der Waals surface area contributed by atoms with Crippen molar-refractivity contribution < 1.29 is 8.83 Å². The normalized spacial score (nSPS) is 16.1. The Kier molecular flexibility index (Phi) is 8.63. The average Bonchev–Trinajstić information content (AvgIpc) is 4.08. The third-order valence-electron chi connectivity index (χ3n) is 14.8. The van der Waals surface area contributed by atoms with Gasteiger partial charge in [-0.2, -0.15) is 0 Å². The molecule has 3 heteroatoms. The second kappa shape index (κ2) is 15.2. The Balaban J connectivity index is 0.978. The van der Waals surface area contributed by atoms with Gasteiger partial charge in [0.05, 0.1) is 11.1 Å². The van der Waals surface area contributed by atoms with Crippen molar-refractivity contribution in [2.24, 2.45) is 5.92 Å². The zero-order chi connectivity index (χ0) is 44.8. The van der Waals surface area contributed by atoms with Crippen LogP contribution in [0.25, 0.3) is 76.9 Å². The van der Waals surface area contributed by atoms with E-state index in [4.69, 9.17) is 8.83 Å². The van der Waals surface area contributed by atoms with Gasteiger partial charge in [-0.15, -0.1) is 0 Å². The minimum atomic E-state index is -0.432. The molecular formula is C65H43NO2. The second-order valence-corrected chi connectivity index (χ2v) is 18.3. The molecule has 10 aromatic carbocycles. The second-order valence-electron chi connectivity index (χ2n) is 18.3. The maximum absolute atomic E-state index is 6.62. The van der Waals surface area contributed by atoms with Crippen LogP contribution in [0.5, 0.6) is 0 Å². The fraction of sp³-hybridized carbons (Fsp3) is 0.0462. The summed E-state index contributed by atoms with van der Waals surface area (Å²) in [5.41, 5.74) is 16.3. The van der Waals surface area contributed by atoms with Crippen LogP contribution in [0.15, 0.2) is 263 Å². The van der Waals surface area contributed by atoms with Crippen LogP contribution in [-0.2, 0) is 5.41 Å². The standard InChI is InChI=1S/C65H43NO2/c1-3-17-45(18-4-1)65(46-19-5-2-6-20-46)57-26-12-9-23-52(57)53-38-36-48(41-58(53)65)66(47-34-30-43(31-35-47)50-25-15-29-62-63(50)55-24-11-14-28-60(55)67-62)59-27-13-10-21-49(59)44-33-39-61-56(40-44)54-37-32-42-16-7-8-22-51(42)64(54)68-61/h1-41,53,58H. The lowest BCUT2D eigenvalue weighted by Crippen LogP contribution is -2.36. The van der Waals surface area contributed by atoms with Crippen LogP contribution in [0.3, 0.4) is 0 Å². The number of benzene rings is 10. The van der Waals surface area contributed by atoms with E-state index < -0.39 is 5.41 Å². The highest BCUT2D eigenvalue weighted by atomic mass is 16.3. The van der Waals surface area contributed by atoms with Gasteiger partial charge in [0.1, 0.15) is 22.3 Å². The van der Waals surface area contributed by atoms with Gasteiger partial charge in [0.15, 0.2) is 0 Å². The molecule has 3 nitrogen and oxygen atoms in total. The zero-order valence-electron chi connectivity index (χ0n) is 37.1. The number of fused-ring (bicyclic) bond motifs is 11. The Morgan fingerprint density at radius 1 is 0.441 bits per heavy atom. The van der Waals surface area contributed by atoms with E-state index in [-0.39, 0.29) is 11.8 Å². The molecule has 2 unspecified atom stereocenters. The summed E-state index contributed by atoms with van der Waals surface area (Å²) in [5, 5.41) is 6.78. The molecule has 0 fully saturated rings. The molecule has 0 amide bonds. The molecule has 2 aliphatic rings. The van der Waals surface area contributed by atoms with Gasteiger partial charge in [0.25, 0.3) is 0 Å². The van der Waals surface area contributed by atoms with Gasteiger partial charge in [-0.1, -0.05) is 194 Å². The molecule has 0 saturated heterocycles. The molecular weight excluding hydrogens is 827 g/mol. The van der Waals surface area contributed by atoms with Gasteiger partial charge in [0.2, 0.25) is 0 Å². The molecule has 2 heterocycles. The minimum absolute atomic E-state index is 0.0778. The largest absolute Gasteiger partial charge is 0.456 e. The summed E-state index contributed by atoms with van der Waals surface area (Å²) < 4.78 is 13.0. The molecule has 14 rings (SSSR count). The number of rotatable bonds is 7. The van der Waals surface area contributed by atoms with Gasteiger partial charge in [-0.3, -0.25) is 0 Å². The summed E-state index contributed by atoms with van der Waals surface area (Å²) in [6.45, 7) is 0. The first-order chi connectivity index (χ1) is 33.7. The van der Waals surface area contributed by atoms with Gasteiger partial charge < -0.3 is 13.7 Å². The first-order valence-electron chi connectivity index (χ1n) is 23.6. The molecule has 2 atom stereocenters. The third-order valence-corrected chi connectivity index (χ3v) is 14.8. The van der Waals surface area contributed by atoms with Crippen LogP contribution in [-0.4, -0.2) is 0 Å². The summed E-state index contributed by atoms with van der Waals surface area (Å²) in [5.74, 6) is 0.252. The van der Waals surface area contributed by atoms with Gasteiger partial charge in [-0.25, -0.2) is 0 Å².